The highest BCUT2D eigenvalue weighted by atomic mass is 32.1. The van der Waals surface area contributed by atoms with Crippen LogP contribution >= 0.6 is 11.3 Å². The highest BCUT2D eigenvalue weighted by molar-refractivity contribution is 7.09. The van der Waals surface area contributed by atoms with Crippen LogP contribution in [0.4, 0.5) is 0 Å². The van der Waals surface area contributed by atoms with Crippen LogP contribution < -0.4 is 11.1 Å². The summed E-state index contributed by atoms with van der Waals surface area (Å²) in [6, 6.07) is 4.15. The van der Waals surface area contributed by atoms with Gasteiger partial charge in [-0.15, -0.1) is 11.3 Å². The van der Waals surface area contributed by atoms with Crippen LogP contribution in [0.2, 0.25) is 0 Å². The van der Waals surface area contributed by atoms with Gasteiger partial charge in [-0.1, -0.05) is 6.07 Å². The number of rotatable bonds is 5. The van der Waals surface area contributed by atoms with Crippen molar-refractivity contribution in [1.29, 1.82) is 0 Å². The zero-order valence-corrected chi connectivity index (χ0v) is 10.7. The average Bonchev–Trinajstić information content (AvgIpc) is 2.77. The van der Waals surface area contributed by atoms with Crippen molar-refractivity contribution in [2.24, 2.45) is 10.7 Å². The standard InChI is InChI=1S/C12H19N3OS/c13-11(15-9-12(16)5-2-6-12)14-7-4-10-3-1-8-17-10/h1,3,8,16H,2,4-7,9H2,(H3,13,14,15). The molecule has 1 aromatic rings. The van der Waals surface area contributed by atoms with Crippen molar-refractivity contribution in [3.05, 3.63) is 22.4 Å². The van der Waals surface area contributed by atoms with Crippen molar-refractivity contribution in [2.45, 2.75) is 31.3 Å². The van der Waals surface area contributed by atoms with Gasteiger partial charge in [0.15, 0.2) is 5.96 Å². The quantitative estimate of drug-likeness (QED) is 0.544. The summed E-state index contributed by atoms with van der Waals surface area (Å²) in [5.74, 6) is 0.432. The molecule has 1 aliphatic rings. The van der Waals surface area contributed by atoms with E-state index in [0.29, 0.717) is 12.5 Å². The van der Waals surface area contributed by atoms with Crippen LogP contribution in [0.15, 0.2) is 22.5 Å². The largest absolute Gasteiger partial charge is 0.388 e. The Hall–Kier alpha value is -1.07. The second-order valence-corrected chi connectivity index (χ2v) is 5.57. The molecule has 1 aliphatic carbocycles. The summed E-state index contributed by atoms with van der Waals surface area (Å²) in [5.41, 5.74) is 5.15. The first-order chi connectivity index (χ1) is 8.18. The number of nitrogens with two attached hydrogens (primary N) is 1. The van der Waals surface area contributed by atoms with Gasteiger partial charge in [-0.05, 0) is 37.1 Å². The first kappa shape index (κ1) is 12.4. The smallest absolute Gasteiger partial charge is 0.188 e. The zero-order valence-electron chi connectivity index (χ0n) is 9.85. The van der Waals surface area contributed by atoms with Crippen LogP contribution in [0, 0.1) is 0 Å². The van der Waals surface area contributed by atoms with Gasteiger partial charge >= 0.3 is 0 Å². The molecule has 4 nitrogen and oxygen atoms in total. The predicted molar refractivity (Wildman–Crippen MR) is 71.3 cm³/mol. The lowest BCUT2D eigenvalue weighted by Crippen LogP contribution is -2.42. The summed E-state index contributed by atoms with van der Waals surface area (Å²) in [4.78, 5) is 5.51. The van der Waals surface area contributed by atoms with E-state index in [1.165, 1.54) is 4.88 Å². The van der Waals surface area contributed by atoms with Crippen LogP contribution in [0.25, 0.3) is 0 Å². The fraction of sp³-hybridized carbons (Fsp3) is 0.583. The van der Waals surface area contributed by atoms with E-state index in [1.807, 2.05) is 6.07 Å². The summed E-state index contributed by atoms with van der Waals surface area (Å²) >= 11 is 1.74. The number of hydrogen-bond acceptors (Lipinski definition) is 3. The van der Waals surface area contributed by atoms with E-state index in [-0.39, 0.29) is 0 Å². The summed E-state index contributed by atoms with van der Waals surface area (Å²) in [6.45, 7) is 1.21. The van der Waals surface area contributed by atoms with Gasteiger partial charge in [-0.3, -0.25) is 4.99 Å². The molecule has 1 saturated carbocycles. The number of nitrogens with one attached hydrogen (secondary N) is 1. The Bertz CT molecular complexity index is 371. The molecule has 2 rings (SSSR count). The monoisotopic (exact) mass is 253 g/mol. The van der Waals surface area contributed by atoms with E-state index in [0.717, 1.165) is 32.2 Å². The lowest BCUT2D eigenvalue weighted by atomic mass is 9.80. The van der Waals surface area contributed by atoms with Gasteiger partial charge in [0.05, 0.1) is 12.1 Å². The third kappa shape index (κ3) is 3.71. The lowest BCUT2D eigenvalue weighted by molar-refractivity contribution is -0.0235. The molecule has 0 radical (unpaired) electrons. The van der Waals surface area contributed by atoms with Crippen LogP contribution in [0.5, 0.6) is 0 Å². The Morgan fingerprint density at radius 1 is 1.59 bits per heavy atom. The van der Waals surface area contributed by atoms with Gasteiger partial charge in [0.25, 0.3) is 0 Å². The van der Waals surface area contributed by atoms with E-state index in [4.69, 9.17) is 5.73 Å². The maximum absolute atomic E-state index is 9.85. The van der Waals surface area contributed by atoms with E-state index in [9.17, 15) is 5.11 Å². The minimum absolute atomic E-state index is 0.421. The summed E-state index contributed by atoms with van der Waals surface area (Å²) in [5, 5.41) is 15.0. The average molecular weight is 253 g/mol. The summed E-state index contributed by atoms with van der Waals surface area (Å²) in [6.07, 6.45) is 3.74. The van der Waals surface area contributed by atoms with Crippen molar-refractivity contribution < 1.29 is 5.11 Å². The molecule has 0 atom stereocenters. The van der Waals surface area contributed by atoms with Crippen molar-refractivity contribution in [1.82, 2.24) is 5.32 Å². The first-order valence-corrected chi connectivity index (χ1v) is 6.84. The molecular formula is C12H19N3OS. The number of aliphatic imine (C=N–C) groups is 1. The van der Waals surface area contributed by atoms with Gasteiger partial charge < -0.3 is 16.2 Å². The van der Waals surface area contributed by atoms with Gasteiger partial charge in [0, 0.05) is 11.4 Å². The third-order valence-corrected chi connectivity index (χ3v) is 4.02. The lowest BCUT2D eigenvalue weighted by Gasteiger charge is -2.34. The number of thiophene rings is 1. The molecule has 1 fully saturated rings. The zero-order chi connectivity index (χ0) is 12.1. The predicted octanol–water partition coefficient (Wildman–Crippen LogP) is 1.11. The molecule has 0 spiro atoms. The highest BCUT2D eigenvalue weighted by Gasteiger charge is 2.33. The molecule has 5 heteroatoms. The second kappa shape index (κ2) is 5.51. The van der Waals surface area contributed by atoms with Gasteiger partial charge in [-0.2, -0.15) is 0 Å². The van der Waals surface area contributed by atoms with E-state index < -0.39 is 5.60 Å². The minimum atomic E-state index is -0.583. The molecule has 17 heavy (non-hydrogen) atoms. The number of guanidine groups is 1. The first-order valence-electron chi connectivity index (χ1n) is 5.97. The highest BCUT2D eigenvalue weighted by Crippen LogP contribution is 2.31. The number of aliphatic hydroxyl groups is 1. The maximum Gasteiger partial charge on any atom is 0.188 e. The summed E-state index contributed by atoms with van der Waals surface area (Å²) in [7, 11) is 0. The molecule has 1 heterocycles. The SMILES string of the molecule is NC(=NCC1(O)CCC1)NCCc1cccs1. The molecule has 0 aromatic carbocycles. The molecule has 0 bridgehead atoms. The topological polar surface area (TPSA) is 70.6 Å². The summed E-state index contributed by atoms with van der Waals surface area (Å²) < 4.78 is 0. The molecule has 4 N–H and O–H groups in total. The van der Waals surface area contributed by atoms with Gasteiger partial charge in [0.2, 0.25) is 0 Å². The second-order valence-electron chi connectivity index (χ2n) is 4.54. The van der Waals surface area contributed by atoms with Crippen molar-refractivity contribution in [2.75, 3.05) is 13.1 Å². The molecule has 0 aliphatic heterocycles. The van der Waals surface area contributed by atoms with E-state index in [2.05, 4.69) is 21.8 Å². The molecule has 0 amide bonds. The fourth-order valence-corrected chi connectivity index (χ4v) is 2.51. The maximum atomic E-state index is 9.85. The number of nitrogens with zero attached hydrogens (tertiary/aromatic N) is 1. The molecule has 0 saturated heterocycles. The molecule has 94 valence electrons. The van der Waals surface area contributed by atoms with Crippen molar-refractivity contribution in [3.8, 4) is 0 Å². The minimum Gasteiger partial charge on any atom is -0.388 e. The van der Waals surface area contributed by atoms with Gasteiger partial charge in [-0.25, -0.2) is 0 Å². The van der Waals surface area contributed by atoms with Crippen LogP contribution in [-0.4, -0.2) is 29.8 Å². The Labute approximate surface area is 106 Å². The van der Waals surface area contributed by atoms with Gasteiger partial charge in [0.1, 0.15) is 0 Å². The molecule has 0 unspecified atom stereocenters. The Morgan fingerprint density at radius 3 is 3.00 bits per heavy atom. The van der Waals surface area contributed by atoms with E-state index in [1.54, 1.807) is 11.3 Å². The van der Waals surface area contributed by atoms with E-state index >= 15 is 0 Å². The number of hydrogen-bond donors (Lipinski definition) is 3. The van der Waals surface area contributed by atoms with Crippen molar-refractivity contribution in [3.63, 3.8) is 0 Å². The van der Waals surface area contributed by atoms with Crippen molar-refractivity contribution >= 4 is 17.3 Å². The molecular weight excluding hydrogens is 234 g/mol. The Kier molecular flexibility index (Phi) is 4.02. The fourth-order valence-electron chi connectivity index (χ4n) is 1.80. The van der Waals surface area contributed by atoms with Crippen LogP contribution in [0.3, 0.4) is 0 Å². The van der Waals surface area contributed by atoms with Crippen LogP contribution in [0.1, 0.15) is 24.1 Å². The normalized spacial score (nSPS) is 18.8. The van der Waals surface area contributed by atoms with Crippen LogP contribution in [-0.2, 0) is 6.42 Å². The molecule has 1 aromatic heterocycles. The Balaban J connectivity index is 1.66. The Morgan fingerprint density at radius 2 is 2.41 bits per heavy atom. The third-order valence-electron chi connectivity index (χ3n) is 3.09.